The first-order chi connectivity index (χ1) is 23.8. The molecular weight excluding hydrogens is 784 g/mol. The molecule has 0 unspecified atom stereocenters. The summed E-state index contributed by atoms with van der Waals surface area (Å²) in [7, 11) is 1.32. The van der Waals surface area contributed by atoms with Crippen LogP contribution in [-0.4, -0.2) is 58.9 Å². The number of aliphatic hydroxyl groups is 2. The molecule has 4 N–H and O–H groups in total. The van der Waals surface area contributed by atoms with Gasteiger partial charge in [0, 0.05) is 21.8 Å². The number of ether oxygens (including phenoxy) is 3. The van der Waals surface area contributed by atoms with E-state index in [0.717, 1.165) is 33.1 Å². The van der Waals surface area contributed by atoms with Gasteiger partial charge in [0.15, 0.2) is 0 Å². The number of nitrogens with one attached hydrogen (secondary N) is 2. The van der Waals surface area contributed by atoms with Crippen LogP contribution < -0.4 is 10.6 Å². The highest BCUT2D eigenvalue weighted by Crippen LogP contribution is 2.34. The summed E-state index contributed by atoms with van der Waals surface area (Å²) in [5, 5.41) is 25.6. The molecule has 0 saturated heterocycles. The van der Waals surface area contributed by atoms with E-state index in [-0.39, 0.29) is 0 Å². The summed E-state index contributed by atoms with van der Waals surface area (Å²) in [5.74, 6) is -0.430. The lowest BCUT2D eigenvalue weighted by atomic mass is 10.0. The first-order valence-electron chi connectivity index (χ1n) is 16.6. The van der Waals surface area contributed by atoms with Crippen LogP contribution >= 0.6 is 31.9 Å². The van der Waals surface area contributed by atoms with Gasteiger partial charge in [-0.15, -0.1) is 0 Å². The summed E-state index contributed by atoms with van der Waals surface area (Å²) in [6.45, 7) is 10.7. The second-order valence-corrected chi connectivity index (χ2v) is 16.3. The quantitative estimate of drug-likeness (QED) is 0.154. The van der Waals surface area contributed by atoms with Crippen molar-refractivity contribution < 1.29 is 38.8 Å². The molecule has 2 amide bonds. The lowest BCUT2D eigenvalue weighted by molar-refractivity contribution is 0.0430. The summed E-state index contributed by atoms with van der Waals surface area (Å²) in [4.78, 5) is 35.2. The van der Waals surface area contributed by atoms with Gasteiger partial charge in [-0.2, -0.15) is 0 Å². The molecule has 0 fully saturated rings. The number of aliphatic hydroxyl groups excluding tert-OH is 2. The van der Waals surface area contributed by atoms with Crippen LogP contribution in [0.2, 0.25) is 0 Å². The Balaban J connectivity index is 0.000000182. The van der Waals surface area contributed by atoms with Crippen LogP contribution in [0.5, 0.6) is 0 Å². The van der Waals surface area contributed by atoms with Gasteiger partial charge in [-0.25, -0.2) is 14.4 Å². The van der Waals surface area contributed by atoms with Gasteiger partial charge in [0.2, 0.25) is 0 Å². The van der Waals surface area contributed by atoms with E-state index in [1.54, 1.807) is 39.0 Å². The lowest BCUT2D eigenvalue weighted by Gasteiger charge is -2.23. The van der Waals surface area contributed by atoms with Gasteiger partial charge >= 0.3 is 18.2 Å². The Morgan fingerprint density at radius 2 is 1.18 bits per heavy atom. The Bertz CT molecular complexity index is 1780. The van der Waals surface area contributed by atoms with Crippen LogP contribution in [0.15, 0.2) is 69.6 Å². The highest BCUT2D eigenvalue weighted by Gasteiger charge is 2.35. The Labute approximate surface area is 316 Å². The summed E-state index contributed by atoms with van der Waals surface area (Å²) >= 11 is 6.84. The summed E-state index contributed by atoms with van der Waals surface area (Å²) in [5.41, 5.74) is 5.65. The Morgan fingerprint density at radius 3 is 1.69 bits per heavy atom. The maximum Gasteiger partial charge on any atom is 0.408 e. The summed E-state index contributed by atoms with van der Waals surface area (Å²) < 4.78 is 17.2. The molecule has 274 valence electrons. The number of alkyl carbamates (subject to hydrolysis) is 2. The molecule has 0 radical (unpaired) electrons. The minimum Gasteiger partial charge on any atom is -0.465 e. The number of hydrogen-bond acceptors (Lipinski definition) is 8. The zero-order valence-electron chi connectivity index (χ0n) is 29.9. The molecule has 3 aromatic rings. The molecule has 0 aliphatic heterocycles. The second-order valence-electron chi connectivity index (χ2n) is 14.5. The Morgan fingerprint density at radius 1 is 0.706 bits per heavy atom. The predicted octanol–water partition coefficient (Wildman–Crippen LogP) is 7.91. The topological polar surface area (TPSA) is 143 Å². The van der Waals surface area contributed by atoms with Gasteiger partial charge in [0.05, 0.1) is 37.0 Å². The first kappa shape index (κ1) is 40.1. The SMILES string of the molecule is Brc1ccc2c(c1)CC=C2.CC(C)(C)OC(=O)N[C@@H]1c2ccc(Br)cc2C[C@@H]1O.COC(=O)c1ccc2c(c1)C[C@H](O)[C@@H]2NC(=O)OC(C)(C)C. The summed E-state index contributed by atoms with van der Waals surface area (Å²) in [6.07, 6.45) is 3.89. The third-order valence-corrected chi connectivity index (χ3v) is 9.04. The van der Waals surface area contributed by atoms with E-state index in [9.17, 15) is 24.6 Å². The molecule has 10 nitrogen and oxygen atoms in total. The van der Waals surface area contributed by atoms with Crippen LogP contribution in [0.3, 0.4) is 0 Å². The number of methoxy groups -OCH3 is 1. The Kier molecular flexibility index (Phi) is 13.2. The number of carbonyl (C=O) groups excluding carboxylic acids is 3. The monoisotopic (exact) mass is 828 g/mol. The molecule has 51 heavy (non-hydrogen) atoms. The molecule has 6 rings (SSSR count). The Hall–Kier alpha value is -3.71. The highest BCUT2D eigenvalue weighted by atomic mass is 79.9. The average molecular weight is 831 g/mol. The van der Waals surface area contributed by atoms with Crippen molar-refractivity contribution in [1.82, 2.24) is 10.6 Å². The predicted molar refractivity (Wildman–Crippen MR) is 202 cm³/mol. The van der Waals surface area contributed by atoms with Crippen molar-refractivity contribution in [3.8, 4) is 0 Å². The third-order valence-electron chi connectivity index (χ3n) is 8.05. The molecule has 12 heteroatoms. The number of carbonyl (C=O) groups is 3. The average Bonchev–Trinajstić information content (AvgIpc) is 3.69. The third kappa shape index (κ3) is 11.4. The van der Waals surface area contributed by atoms with Crippen LogP contribution in [0.1, 0.15) is 97.4 Å². The van der Waals surface area contributed by atoms with Gasteiger partial charge in [0.1, 0.15) is 11.2 Å². The van der Waals surface area contributed by atoms with E-state index in [2.05, 4.69) is 77.6 Å². The first-order valence-corrected chi connectivity index (χ1v) is 18.2. The number of amides is 2. The highest BCUT2D eigenvalue weighted by molar-refractivity contribution is 9.10. The minimum atomic E-state index is -0.754. The van der Waals surface area contributed by atoms with Crippen LogP contribution in [-0.2, 0) is 33.5 Å². The lowest BCUT2D eigenvalue weighted by Crippen LogP contribution is -2.38. The van der Waals surface area contributed by atoms with Crippen molar-refractivity contribution in [3.05, 3.63) is 109 Å². The molecule has 0 saturated carbocycles. The van der Waals surface area contributed by atoms with Crippen LogP contribution in [0, 0.1) is 0 Å². The van der Waals surface area contributed by atoms with Crippen molar-refractivity contribution >= 4 is 56.1 Å². The fourth-order valence-corrected chi connectivity index (χ4v) is 6.75. The number of esters is 1. The van der Waals surface area contributed by atoms with Gasteiger partial charge in [-0.1, -0.05) is 62.2 Å². The molecule has 0 spiro atoms. The van der Waals surface area contributed by atoms with E-state index < -0.39 is 53.6 Å². The van der Waals surface area contributed by atoms with E-state index in [4.69, 9.17) is 9.47 Å². The van der Waals surface area contributed by atoms with E-state index in [1.807, 2.05) is 39.0 Å². The molecule has 3 aliphatic rings. The van der Waals surface area contributed by atoms with Crippen molar-refractivity contribution in [2.45, 2.75) is 96.3 Å². The van der Waals surface area contributed by atoms with Crippen LogP contribution in [0.4, 0.5) is 9.59 Å². The van der Waals surface area contributed by atoms with Gasteiger partial charge in [-0.05, 0) is 118 Å². The van der Waals surface area contributed by atoms with Gasteiger partial charge in [-0.3, -0.25) is 0 Å². The van der Waals surface area contributed by atoms with Gasteiger partial charge in [0.25, 0.3) is 0 Å². The normalized spacial score (nSPS) is 19.6. The number of rotatable bonds is 3. The molecular formula is C39H46Br2N2O8. The molecule has 4 atom stereocenters. The van der Waals surface area contributed by atoms with E-state index in [1.165, 1.54) is 22.7 Å². The van der Waals surface area contributed by atoms with Crippen molar-refractivity contribution in [2.24, 2.45) is 0 Å². The standard InChI is InChI=1S/C16H21NO5.C14H18BrNO3.C9H7Br/c1-16(2,3)22-15(20)17-13-11-6-5-9(14(19)21-4)7-10(11)8-12(13)18;1-14(2,3)19-13(18)16-12-10-5-4-9(15)6-8(10)7-11(12)17;10-9-5-4-7-2-1-3-8(7)6-9/h5-7,12-13,18H,8H2,1-4H3,(H,17,20);4-6,11-12,17H,7H2,1-3H3,(H,16,18);1-2,4-6H,3H2/t12-,13+;11-,12+;/m00./s1. The maximum absolute atomic E-state index is 11.9. The fourth-order valence-electron chi connectivity index (χ4n) is 5.93. The van der Waals surface area contributed by atoms with E-state index in [0.29, 0.717) is 18.4 Å². The molecule has 3 aromatic carbocycles. The smallest absolute Gasteiger partial charge is 0.408 e. The van der Waals surface area contributed by atoms with Crippen molar-refractivity contribution in [1.29, 1.82) is 0 Å². The number of halogens is 2. The summed E-state index contributed by atoms with van der Waals surface area (Å²) in [6, 6.07) is 16.3. The zero-order valence-corrected chi connectivity index (χ0v) is 33.1. The zero-order chi connectivity index (χ0) is 37.7. The van der Waals surface area contributed by atoms with Crippen molar-refractivity contribution in [2.75, 3.05) is 7.11 Å². The number of fused-ring (bicyclic) bond motifs is 3. The van der Waals surface area contributed by atoms with Gasteiger partial charge < -0.3 is 35.1 Å². The molecule has 0 bridgehead atoms. The van der Waals surface area contributed by atoms with Crippen molar-refractivity contribution in [3.63, 3.8) is 0 Å². The minimum absolute atomic E-state index is 0.362. The molecule has 0 heterocycles. The number of allylic oxidation sites excluding steroid dienone is 1. The largest absolute Gasteiger partial charge is 0.465 e. The maximum atomic E-state index is 11.9. The van der Waals surface area contributed by atoms with Crippen LogP contribution in [0.25, 0.3) is 6.08 Å². The number of hydrogen-bond donors (Lipinski definition) is 4. The fraction of sp³-hybridized carbons (Fsp3) is 0.410. The van der Waals surface area contributed by atoms with E-state index >= 15 is 0 Å². The second kappa shape index (κ2) is 16.8. The molecule has 0 aromatic heterocycles. The number of benzene rings is 3. The molecule has 3 aliphatic carbocycles.